The average Bonchev–Trinajstić information content (AvgIpc) is 2.21. The maximum absolute atomic E-state index is 5.96. The smallest absolute Gasteiger partial charge is 0.0359 e. The second-order valence-corrected chi connectivity index (χ2v) is 5.10. The summed E-state index contributed by atoms with van der Waals surface area (Å²) in [5.41, 5.74) is 8.19. The first kappa shape index (κ1) is 9.22. The van der Waals surface area contributed by atoms with Crippen LogP contribution in [0.1, 0.15) is 18.4 Å². The Balaban J connectivity index is 1.68. The quantitative estimate of drug-likeness (QED) is 0.744. The molecule has 0 spiro atoms. The average molecular weight is 202 g/mol. The summed E-state index contributed by atoms with van der Waals surface area (Å²) in [4.78, 5) is 2.56. The molecule has 15 heavy (non-hydrogen) atoms. The molecule has 0 unspecified atom stereocenters. The first-order valence-corrected chi connectivity index (χ1v) is 5.87. The predicted molar refractivity (Wildman–Crippen MR) is 62.3 cm³/mol. The van der Waals surface area contributed by atoms with Gasteiger partial charge in [-0.15, -0.1) is 0 Å². The van der Waals surface area contributed by atoms with Gasteiger partial charge in [-0.3, -0.25) is 4.90 Å². The van der Waals surface area contributed by atoms with Crippen molar-refractivity contribution in [1.29, 1.82) is 0 Å². The number of hydrogen-bond donors (Lipinski definition) is 1. The Morgan fingerprint density at radius 1 is 1.13 bits per heavy atom. The molecule has 0 amide bonds. The second-order valence-electron chi connectivity index (χ2n) is 5.10. The largest absolute Gasteiger partial charge is 0.398 e. The molecule has 2 N–H and O–H groups in total. The Morgan fingerprint density at radius 2 is 1.80 bits per heavy atom. The van der Waals surface area contributed by atoms with Gasteiger partial charge in [0.2, 0.25) is 0 Å². The van der Waals surface area contributed by atoms with E-state index < -0.39 is 0 Å². The van der Waals surface area contributed by atoms with E-state index in [1.165, 1.54) is 31.5 Å². The highest BCUT2D eigenvalue weighted by atomic mass is 15.1. The van der Waals surface area contributed by atoms with Crippen molar-refractivity contribution in [2.75, 3.05) is 18.8 Å². The normalized spacial score (nSPS) is 29.9. The van der Waals surface area contributed by atoms with E-state index in [1.807, 2.05) is 12.1 Å². The molecule has 0 aromatic heterocycles. The number of para-hydroxylation sites is 1. The van der Waals surface area contributed by atoms with Crippen LogP contribution in [0, 0.1) is 11.8 Å². The van der Waals surface area contributed by atoms with Crippen LogP contribution in [0.3, 0.4) is 0 Å². The van der Waals surface area contributed by atoms with Gasteiger partial charge in [-0.1, -0.05) is 18.2 Å². The molecule has 0 atom stereocenters. The molecule has 2 saturated heterocycles. The third kappa shape index (κ3) is 1.74. The molecule has 1 aromatic carbocycles. The summed E-state index contributed by atoms with van der Waals surface area (Å²) in [7, 11) is 0. The number of nitrogens with zero attached hydrogens (tertiary/aromatic N) is 1. The van der Waals surface area contributed by atoms with E-state index in [-0.39, 0.29) is 0 Å². The van der Waals surface area contributed by atoms with Crippen LogP contribution in [-0.2, 0) is 6.54 Å². The van der Waals surface area contributed by atoms with Crippen LogP contribution < -0.4 is 5.73 Å². The van der Waals surface area contributed by atoms with Crippen molar-refractivity contribution in [2.24, 2.45) is 11.8 Å². The monoisotopic (exact) mass is 202 g/mol. The van der Waals surface area contributed by atoms with Gasteiger partial charge in [0.25, 0.3) is 0 Å². The van der Waals surface area contributed by atoms with Crippen LogP contribution in [0.2, 0.25) is 0 Å². The Bertz CT molecular complexity index is 345. The Labute approximate surface area is 91.1 Å². The van der Waals surface area contributed by atoms with Crippen molar-refractivity contribution >= 4 is 5.69 Å². The highest BCUT2D eigenvalue weighted by Gasteiger charge is 2.36. The minimum Gasteiger partial charge on any atom is -0.398 e. The topological polar surface area (TPSA) is 29.3 Å². The molecule has 80 valence electrons. The van der Waals surface area contributed by atoms with E-state index in [0.29, 0.717) is 0 Å². The molecule has 0 radical (unpaired) electrons. The number of hydrogen-bond acceptors (Lipinski definition) is 2. The molecule has 4 rings (SSSR count). The molecule has 1 aliphatic carbocycles. The first-order chi connectivity index (χ1) is 7.31. The van der Waals surface area contributed by atoms with Gasteiger partial charge in [-0.2, -0.15) is 0 Å². The summed E-state index contributed by atoms with van der Waals surface area (Å²) in [6.45, 7) is 3.61. The van der Waals surface area contributed by atoms with Crippen molar-refractivity contribution in [3.63, 3.8) is 0 Å². The van der Waals surface area contributed by atoms with Crippen molar-refractivity contribution in [1.82, 2.24) is 4.90 Å². The summed E-state index contributed by atoms with van der Waals surface area (Å²) < 4.78 is 0. The van der Waals surface area contributed by atoms with Gasteiger partial charge in [0, 0.05) is 25.3 Å². The highest BCUT2D eigenvalue weighted by molar-refractivity contribution is 5.46. The van der Waals surface area contributed by atoms with Crippen LogP contribution in [-0.4, -0.2) is 18.0 Å². The van der Waals surface area contributed by atoms with Crippen LogP contribution in [0.25, 0.3) is 0 Å². The molecule has 2 heteroatoms. The van der Waals surface area contributed by atoms with E-state index >= 15 is 0 Å². The van der Waals surface area contributed by atoms with Gasteiger partial charge >= 0.3 is 0 Å². The molecule has 2 heterocycles. The second kappa shape index (κ2) is 3.53. The zero-order valence-corrected chi connectivity index (χ0v) is 9.02. The van der Waals surface area contributed by atoms with Crippen molar-refractivity contribution < 1.29 is 0 Å². The van der Waals surface area contributed by atoms with E-state index in [4.69, 9.17) is 5.73 Å². The van der Waals surface area contributed by atoms with Crippen molar-refractivity contribution in [2.45, 2.75) is 19.4 Å². The third-order valence-corrected chi connectivity index (χ3v) is 3.82. The number of nitrogen functional groups attached to an aromatic ring is 1. The predicted octanol–water partition coefficient (Wildman–Crippen LogP) is 2.11. The van der Waals surface area contributed by atoms with Crippen molar-refractivity contribution in [3.05, 3.63) is 29.8 Å². The fourth-order valence-electron chi connectivity index (χ4n) is 3.02. The fraction of sp³-hybridized carbons (Fsp3) is 0.538. The van der Waals surface area contributed by atoms with Gasteiger partial charge < -0.3 is 5.73 Å². The fourth-order valence-corrected chi connectivity index (χ4v) is 3.02. The number of benzene rings is 1. The molecule has 3 aliphatic rings. The van der Waals surface area contributed by atoms with Gasteiger partial charge in [-0.05, 0) is 36.3 Å². The molecular formula is C13H18N2. The molecule has 3 fully saturated rings. The van der Waals surface area contributed by atoms with Crippen molar-refractivity contribution in [3.8, 4) is 0 Å². The lowest BCUT2D eigenvalue weighted by atomic mass is 9.71. The Morgan fingerprint density at radius 3 is 2.47 bits per heavy atom. The van der Waals surface area contributed by atoms with Gasteiger partial charge in [-0.25, -0.2) is 0 Å². The molecular weight excluding hydrogens is 184 g/mol. The number of fused-ring (bicyclic) bond motifs is 2. The lowest BCUT2D eigenvalue weighted by Crippen LogP contribution is -2.48. The standard InChI is InChI=1S/C13H18N2/c14-13-4-2-1-3-12(13)9-15-7-10-5-11(6-10)8-15/h1-4,10-11H,5-9,14H2. The first-order valence-electron chi connectivity index (χ1n) is 5.87. The maximum Gasteiger partial charge on any atom is 0.0359 e. The number of nitrogens with two attached hydrogens (primary N) is 1. The van der Waals surface area contributed by atoms with E-state index in [1.54, 1.807) is 0 Å². The summed E-state index contributed by atoms with van der Waals surface area (Å²) in [6, 6.07) is 8.23. The van der Waals surface area contributed by atoms with Gasteiger partial charge in [0.05, 0.1) is 0 Å². The third-order valence-electron chi connectivity index (χ3n) is 3.82. The van der Waals surface area contributed by atoms with Gasteiger partial charge in [0.15, 0.2) is 0 Å². The van der Waals surface area contributed by atoms with Gasteiger partial charge in [0.1, 0.15) is 0 Å². The number of piperidine rings is 2. The maximum atomic E-state index is 5.96. The van der Waals surface area contributed by atoms with E-state index in [0.717, 1.165) is 24.1 Å². The summed E-state index contributed by atoms with van der Waals surface area (Å²) in [5, 5.41) is 0. The zero-order valence-electron chi connectivity index (χ0n) is 9.02. The van der Waals surface area contributed by atoms with Crippen LogP contribution in [0.4, 0.5) is 5.69 Å². The summed E-state index contributed by atoms with van der Waals surface area (Å²) >= 11 is 0. The SMILES string of the molecule is Nc1ccccc1CN1CC2CC(C2)C1. The minimum absolute atomic E-state index is 0.941. The molecule has 2 aliphatic heterocycles. The van der Waals surface area contributed by atoms with Crippen LogP contribution in [0.5, 0.6) is 0 Å². The Kier molecular flexibility index (Phi) is 2.17. The van der Waals surface area contributed by atoms with E-state index in [2.05, 4.69) is 17.0 Å². The molecule has 2 nitrogen and oxygen atoms in total. The molecule has 1 aromatic rings. The molecule has 1 saturated carbocycles. The minimum atomic E-state index is 0.941. The zero-order chi connectivity index (χ0) is 10.3. The number of rotatable bonds is 2. The van der Waals surface area contributed by atoms with E-state index in [9.17, 15) is 0 Å². The van der Waals surface area contributed by atoms with Crippen LogP contribution in [0.15, 0.2) is 24.3 Å². The molecule has 2 bridgehead atoms. The lowest BCUT2D eigenvalue weighted by molar-refractivity contribution is 0.0229. The number of anilines is 1. The highest BCUT2D eigenvalue weighted by Crippen LogP contribution is 2.39. The summed E-state index contributed by atoms with van der Waals surface area (Å²) in [6.07, 6.45) is 2.95. The Hall–Kier alpha value is -1.02. The summed E-state index contributed by atoms with van der Waals surface area (Å²) in [5.74, 6) is 1.96. The lowest BCUT2D eigenvalue weighted by Gasteiger charge is -2.47. The van der Waals surface area contributed by atoms with Crippen LogP contribution >= 0.6 is 0 Å².